The molecule has 3 heterocycles. The Balaban J connectivity index is 1.69. The van der Waals surface area contributed by atoms with Crippen molar-refractivity contribution in [3.05, 3.63) is 53.3 Å². The van der Waals surface area contributed by atoms with Crippen LogP contribution < -0.4 is 4.74 Å². The Bertz CT molecular complexity index is 928. The molecule has 4 rings (SSSR count). The van der Waals surface area contributed by atoms with Crippen LogP contribution in [-0.4, -0.2) is 26.7 Å². The van der Waals surface area contributed by atoms with Gasteiger partial charge >= 0.3 is 0 Å². The number of benzene rings is 1. The van der Waals surface area contributed by atoms with Gasteiger partial charge in [-0.15, -0.1) is 16.4 Å². The van der Waals surface area contributed by atoms with Gasteiger partial charge in [-0.3, -0.25) is 0 Å². The zero-order valence-electron chi connectivity index (χ0n) is 11.4. The maximum Gasteiger partial charge on any atom is 0.231 e. The molecule has 0 N–H and O–H groups in total. The summed E-state index contributed by atoms with van der Waals surface area (Å²) in [5.41, 5.74) is 5.95. The fourth-order valence-electron chi connectivity index (χ4n) is 2.33. The first-order chi connectivity index (χ1) is 10.3. The maximum atomic E-state index is 5.12. The van der Waals surface area contributed by atoms with Crippen molar-refractivity contribution in [1.29, 1.82) is 0 Å². The number of thiazole rings is 1. The van der Waals surface area contributed by atoms with Crippen molar-refractivity contribution in [3.8, 4) is 5.88 Å². The molecule has 5 nitrogen and oxygen atoms in total. The highest BCUT2D eigenvalue weighted by molar-refractivity contribution is 7.16. The number of rotatable bonds is 3. The monoisotopic (exact) mass is 296 g/mol. The van der Waals surface area contributed by atoms with Crippen molar-refractivity contribution in [2.24, 2.45) is 0 Å². The molecular weight excluding hydrogens is 284 g/mol. The van der Waals surface area contributed by atoms with Gasteiger partial charge in [0.1, 0.15) is 0 Å². The maximum absolute atomic E-state index is 5.12. The molecule has 0 fully saturated rings. The highest BCUT2D eigenvalue weighted by atomic mass is 32.1. The van der Waals surface area contributed by atoms with Crippen LogP contribution in [0.5, 0.6) is 5.88 Å². The van der Waals surface area contributed by atoms with E-state index in [-0.39, 0.29) is 0 Å². The molecule has 0 bridgehead atoms. The van der Waals surface area contributed by atoms with Crippen LogP contribution in [0.1, 0.15) is 11.3 Å². The summed E-state index contributed by atoms with van der Waals surface area (Å²) in [6.07, 6.45) is 2.72. The van der Waals surface area contributed by atoms with Crippen LogP contribution in [0.3, 0.4) is 0 Å². The minimum absolute atomic E-state index is 0.581. The lowest BCUT2D eigenvalue weighted by Gasteiger charge is -1.97. The fourth-order valence-corrected chi connectivity index (χ4v) is 3.07. The molecule has 21 heavy (non-hydrogen) atoms. The lowest BCUT2D eigenvalue weighted by molar-refractivity contribution is 0.390. The predicted molar refractivity (Wildman–Crippen MR) is 82.0 cm³/mol. The van der Waals surface area contributed by atoms with Gasteiger partial charge in [-0.1, -0.05) is 6.07 Å². The average Bonchev–Trinajstić information content (AvgIpc) is 3.11. The summed E-state index contributed by atoms with van der Waals surface area (Å²) in [6.45, 7) is 0. The third kappa shape index (κ3) is 2.23. The quantitative estimate of drug-likeness (QED) is 0.583. The molecular formula is C15H12N4OS. The molecule has 0 unspecified atom stereocenters. The number of methoxy groups -OCH3 is 1. The summed E-state index contributed by atoms with van der Waals surface area (Å²) in [5, 5.41) is 4.32. The summed E-state index contributed by atoms with van der Waals surface area (Å²) in [4.78, 5) is 8.88. The molecule has 0 atom stereocenters. The Kier molecular flexibility index (Phi) is 2.82. The third-order valence-corrected chi connectivity index (χ3v) is 4.13. The van der Waals surface area contributed by atoms with Gasteiger partial charge in [-0.25, -0.2) is 14.5 Å². The smallest absolute Gasteiger partial charge is 0.231 e. The molecule has 0 saturated carbocycles. The Hall–Kier alpha value is -2.47. The molecule has 4 aromatic rings. The molecule has 0 amide bonds. The molecule has 104 valence electrons. The first-order valence-electron chi connectivity index (χ1n) is 6.53. The van der Waals surface area contributed by atoms with Gasteiger partial charge in [0, 0.05) is 12.5 Å². The van der Waals surface area contributed by atoms with E-state index in [4.69, 9.17) is 4.74 Å². The number of aromatic nitrogens is 4. The van der Waals surface area contributed by atoms with E-state index in [1.54, 1.807) is 23.0 Å². The SMILES string of the molecule is COc1ccc2nc(Cc3ccc4ncsc4c3)cn2n1. The Labute approximate surface area is 124 Å². The average molecular weight is 296 g/mol. The van der Waals surface area contributed by atoms with Gasteiger partial charge < -0.3 is 4.74 Å². The van der Waals surface area contributed by atoms with E-state index < -0.39 is 0 Å². The van der Waals surface area contributed by atoms with E-state index in [1.165, 1.54) is 10.3 Å². The van der Waals surface area contributed by atoms with Crippen molar-refractivity contribution < 1.29 is 4.74 Å². The first kappa shape index (κ1) is 12.3. The van der Waals surface area contributed by atoms with Gasteiger partial charge in [0.15, 0.2) is 5.65 Å². The lowest BCUT2D eigenvalue weighted by Crippen LogP contribution is -1.93. The van der Waals surface area contributed by atoms with Crippen molar-refractivity contribution in [2.45, 2.75) is 6.42 Å². The molecule has 0 saturated heterocycles. The van der Waals surface area contributed by atoms with Crippen molar-refractivity contribution in [3.63, 3.8) is 0 Å². The second-order valence-corrected chi connectivity index (χ2v) is 5.63. The van der Waals surface area contributed by atoms with Crippen molar-refractivity contribution >= 4 is 27.2 Å². The lowest BCUT2D eigenvalue weighted by atomic mass is 10.1. The van der Waals surface area contributed by atoms with Crippen LogP contribution in [0.2, 0.25) is 0 Å². The number of nitrogens with zero attached hydrogens (tertiary/aromatic N) is 4. The van der Waals surface area contributed by atoms with Crippen LogP contribution in [0.25, 0.3) is 15.9 Å². The predicted octanol–water partition coefficient (Wildman–Crippen LogP) is 2.94. The molecule has 0 aliphatic heterocycles. The van der Waals surface area contributed by atoms with Crippen molar-refractivity contribution in [1.82, 2.24) is 19.6 Å². The number of hydrogen-bond acceptors (Lipinski definition) is 5. The van der Waals surface area contributed by atoms with Crippen LogP contribution in [-0.2, 0) is 6.42 Å². The normalized spacial score (nSPS) is 11.3. The molecule has 0 aliphatic rings. The number of ether oxygens (including phenoxy) is 1. The standard InChI is InChI=1S/C15H12N4OS/c1-20-15-5-4-14-17-11(8-19(14)18-15)6-10-2-3-12-13(7-10)21-9-16-12/h2-5,7-9H,6H2,1H3. The molecule has 6 heteroatoms. The van der Waals surface area contributed by atoms with Gasteiger partial charge in [-0.05, 0) is 23.8 Å². The first-order valence-corrected chi connectivity index (χ1v) is 7.41. The van der Waals surface area contributed by atoms with E-state index in [9.17, 15) is 0 Å². The minimum atomic E-state index is 0.581. The van der Waals surface area contributed by atoms with Crippen LogP contribution >= 0.6 is 11.3 Å². The minimum Gasteiger partial charge on any atom is -0.480 e. The van der Waals surface area contributed by atoms with Crippen molar-refractivity contribution in [2.75, 3.05) is 7.11 Å². The largest absolute Gasteiger partial charge is 0.480 e. The van der Waals surface area contributed by atoms with Gasteiger partial charge in [0.05, 0.1) is 34.7 Å². The molecule has 1 aromatic carbocycles. The molecule has 0 aliphatic carbocycles. The van der Waals surface area contributed by atoms with Crippen LogP contribution in [0.15, 0.2) is 42.0 Å². The van der Waals surface area contributed by atoms with Crippen LogP contribution in [0.4, 0.5) is 0 Å². The van der Waals surface area contributed by atoms with E-state index >= 15 is 0 Å². The zero-order chi connectivity index (χ0) is 14.2. The topological polar surface area (TPSA) is 52.3 Å². The Morgan fingerprint density at radius 1 is 1.24 bits per heavy atom. The van der Waals surface area contributed by atoms with Gasteiger partial charge in [0.25, 0.3) is 0 Å². The van der Waals surface area contributed by atoms with E-state index in [0.717, 1.165) is 23.3 Å². The summed E-state index contributed by atoms with van der Waals surface area (Å²) < 4.78 is 8.08. The summed E-state index contributed by atoms with van der Waals surface area (Å²) in [6, 6.07) is 10.0. The van der Waals surface area contributed by atoms with E-state index in [2.05, 4.69) is 33.3 Å². The van der Waals surface area contributed by atoms with Crippen LogP contribution in [0, 0.1) is 0 Å². The summed E-state index contributed by atoms with van der Waals surface area (Å²) >= 11 is 1.66. The number of imidazole rings is 1. The van der Waals surface area contributed by atoms with E-state index in [0.29, 0.717) is 5.88 Å². The number of hydrogen-bond donors (Lipinski definition) is 0. The molecule has 0 spiro atoms. The Morgan fingerprint density at radius 3 is 3.10 bits per heavy atom. The highest BCUT2D eigenvalue weighted by Gasteiger charge is 2.06. The summed E-state index contributed by atoms with van der Waals surface area (Å²) in [5.74, 6) is 0.581. The fraction of sp³-hybridized carbons (Fsp3) is 0.133. The second kappa shape index (κ2) is 4.82. The summed E-state index contributed by atoms with van der Waals surface area (Å²) in [7, 11) is 1.61. The molecule has 0 radical (unpaired) electrons. The molecule has 3 aromatic heterocycles. The second-order valence-electron chi connectivity index (χ2n) is 4.74. The third-order valence-electron chi connectivity index (χ3n) is 3.34. The Morgan fingerprint density at radius 2 is 2.19 bits per heavy atom. The van der Waals surface area contributed by atoms with E-state index in [1.807, 2.05) is 23.8 Å². The van der Waals surface area contributed by atoms with Gasteiger partial charge in [-0.2, -0.15) is 0 Å². The van der Waals surface area contributed by atoms with Gasteiger partial charge in [0.2, 0.25) is 5.88 Å². The zero-order valence-corrected chi connectivity index (χ0v) is 12.2. The highest BCUT2D eigenvalue weighted by Crippen LogP contribution is 2.21. The number of fused-ring (bicyclic) bond motifs is 2.